The minimum atomic E-state index is -4.25. The van der Waals surface area contributed by atoms with Gasteiger partial charge in [0.15, 0.2) is 15.8 Å². The number of rotatable bonds is 1. The Morgan fingerprint density at radius 1 is 1.26 bits per heavy atom. The van der Waals surface area contributed by atoms with Gasteiger partial charge in [-0.1, -0.05) is 23.7 Å². The zero-order chi connectivity index (χ0) is 16.4. The minimum Gasteiger partial charge on any atom is -0.285 e. The van der Waals surface area contributed by atoms with Crippen molar-refractivity contribution < 1.29 is 18.0 Å². The Morgan fingerprint density at radius 3 is 2.74 bits per heavy atom. The van der Waals surface area contributed by atoms with E-state index in [0.717, 1.165) is 0 Å². The number of imide groups is 1. The predicted molar refractivity (Wildman–Crippen MR) is 82.2 cm³/mol. The van der Waals surface area contributed by atoms with Crippen molar-refractivity contribution >= 4 is 49.7 Å². The molecule has 0 saturated carbocycles. The Balaban J connectivity index is 1.92. The fourth-order valence-electron chi connectivity index (χ4n) is 2.43. The van der Waals surface area contributed by atoms with Gasteiger partial charge in [-0.3, -0.25) is 14.0 Å². The van der Waals surface area contributed by atoms with E-state index in [9.17, 15) is 18.0 Å². The van der Waals surface area contributed by atoms with Crippen LogP contribution in [0.15, 0.2) is 40.7 Å². The Bertz CT molecular complexity index is 1100. The summed E-state index contributed by atoms with van der Waals surface area (Å²) >= 11 is 7.19. The normalized spacial score (nSPS) is 16.0. The number of halogens is 1. The number of aromatic nitrogens is 2. The molecule has 0 fully saturated rings. The highest BCUT2D eigenvalue weighted by Crippen LogP contribution is 2.33. The van der Waals surface area contributed by atoms with Gasteiger partial charge in [-0.25, -0.2) is 13.4 Å². The number of hydrogen-bond donors (Lipinski definition) is 0. The second-order valence-electron chi connectivity index (χ2n) is 4.68. The molecule has 2 amide bonds. The van der Waals surface area contributed by atoms with Gasteiger partial charge in [0.2, 0.25) is 0 Å². The van der Waals surface area contributed by atoms with Gasteiger partial charge in [0, 0.05) is 11.6 Å². The predicted octanol–water partition coefficient (Wildman–Crippen LogP) is 2.03. The zero-order valence-corrected chi connectivity index (χ0v) is 13.5. The first-order valence-electron chi connectivity index (χ1n) is 6.27. The Labute approximate surface area is 138 Å². The van der Waals surface area contributed by atoms with Gasteiger partial charge in [0.25, 0.3) is 21.8 Å². The first kappa shape index (κ1) is 14.4. The van der Waals surface area contributed by atoms with E-state index >= 15 is 0 Å². The lowest BCUT2D eigenvalue weighted by molar-refractivity contribution is 0.0736. The van der Waals surface area contributed by atoms with Gasteiger partial charge < -0.3 is 0 Å². The van der Waals surface area contributed by atoms with Gasteiger partial charge in [-0.15, -0.1) is 11.3 Å². The molecule has 0 radical (unpaired) electrons. The fraction of sp³-hybridized carbons (Fsp3) is 0. The second kappa shape index (κ2) is 4.63. The molecule has 116 valence electrons. The van der Waals surface area contributed by atoms with Crippen LogP contribution >= 0.6 is 22.9 Å². The molecule has 3 aromatic rings. The van der Waals surface area contributed by atoms with Crippen molar-refractivity contribution in [2.45, 2.75) is 4.90 Å². The van der Waals surface area contributed by atoms with E-state index < -0.39 is 21.8 Å². The lowest BCUT2D eigenvalue weighted by Crippen LogP contribution is -2.37. The van der Waals surface area contributed by atoms with Crippen molar-refractivity contribution in [3.05, 3.63) is 52.3 Å². The maximum absolute atomic E-state index is 12.7. The van der Waals surface area contributed by atoms with Crippen LogP contribution in [0.3, 0.4) is 0 Å². The highest BCUT2D eigenvalue weighted by molar-refractivity contribution is 7.90. The molecule has 4 rings (SSSR count). The summed E-state index contributed by atoms with van der Waals surface area (Å²) in [5, 5.41) is 1.52. The number of fused-ring (bicyclic) bond motifs is 2. The highest BCUT2D eigenvalue weighted by Gasteiger charge is 2.46. The molecule has 2 aromatic heterocycles. The van der Waals surface area contributed by atoms with Gasteiger partial charge in [0.1, 0.15) is 4.90 Å². The van der Waals surface area contributed by atoms with Crippen LogP contribution in [0.4, 0.5) is 0 Å². The summed E-state index contributed by atoms with van der Waals surface area (Å²) < 4.78 is 26.7. The molecule has 1 aliphatic heterocycles. The fourth-order valence-corrected chi connectivity index (χ4v) is 4.95. The molecule has 0 N–H and O–H groups in total. The van der Waals surface area contributed by atoms with Crippen molar-refractivity contribution in [2.75, 3.05) is 0 Å². The largest absolute Gasteiger partial charge is 0.295 e. The van der Waals surface area contributed by atoms with E-state index in [2.05, 4.69) is 4.98 Å². The molecule has 1 aromatic carbocycles. The van der Waals surface area contributed by atoms with Crippen LogP contribution in [0.2, 0.25) is 5.15 Å². The molecule has 10 heteroatoms. The van der Waals surface area contributed by atoms with Gasteiger partial charge in [-0.05, 0) is 12.1 Å². The van der Waals surface area contributed by atoms with E-state index in [-0.39, 0.29) is 25.6 Å². The van der Waals surface area contributed by atoms with E-state index in [4.69, 9.17) is 11.6 Å². The van der Waals surface area contributed by atoms with Gasteiger partial charge in [0.05, 0.1) is 5.56 Å². The van der Waals surface area contributed by atoms with E-state index in [1.165, 1.54) is 46.2 Å². The molecule has 23 heavy (non-hydrogen) atoms. The zero-order valence-electron chi connectivity index (χ0n) is 11.1. The van der Waals surface area contributed by atoms with Crippen LogP contribution in [0.25, 0.3) is 4.96 Å². The number of amides is 2. The molecule has 0 atom stereocenters. The molecule has 7 nitrogen and oxygen atoms in total. The topological polar surface area (TPSA) is 88.8 Å². The molecule has 0 saturated heterocycles. The third kappa shape index (κ3) is 1.81. The van der Waals surface area contributed by atoms with Crippen LogP contribution in [0, 0.1) is 0 Å². The highest BCUT2D eigenvalue weighted by atomic mass is 35.5. The van der Waals surface area contributed by atoms with E-state index in [1.54, 1.807) is 5.38 Å². The second-order valence-corrected chi connectivity index (χ2v) is 7.67. The average Bonchev–Trinajstić information content (AvgIpc) is 3.11. The maximum atomic E-state index is 12.7. The maximum Gasteiger partial charge on any atom is 0.295 e. The smallest absolute Gasteiger partial charge is 0.285 e. The summed E-state index contributed by atoms with van der Waals surface area (Å²) in [6.45, 7) is 0. The van der Waals surface area contributed by atoms with Gasteiger partial charge >= 0.3 is 0 Å². The molecule has 3 heterocycles. The van der Waals surface area contributed by atoms with Crippen molar-refractivity contribution in [3.8, 4) is 0 Å². The van der Waals surface area contributed by atoms with Crippen LogP contribution in [-0.4, -0.2) is 33.9 Å². The Kier molecular flexibility index (Phi) is 2.89. The van der Waals surface area contributed by atoms with Crippen molar-refractivity contribution in [2.24, 2.45) is 0 Å². The van der Waals surface area contributed by atoms with Crippen LogP contribution in [0.1, 0.15) is 20.8 Å². The number of thiazole rings is 1. The third-order valence-electron chi connectivity index (χ3n) is 3.43. The summed E-state index contributed by atoms with van der Waals surface area (Å²) in [4.78, 5) is 29.3. The number of sulfonamides is 1. The van der Waals surface area contributed by atoms with Crippen LogP contribution in [-0.2, 0) is 10.0 Å². The number of carbonyl (C=O) groups is 2. The molecule has 0 unspecified atom stereocenters. The lowest BCUT2D eigenvalue weighted by atomic mass is 10.2. The molecule has 0 aliphatic carbocycles. The third-order valence-corrected chi connectivity index (χ3v) is 6.17. The van der Waals surface area contributed by atoms with Crippen molar-refractivity contribution in [1.82, 2.24) is 13.7 Å². The standard InChI is InChI=1S/C13H6ClN3O4S2/c14-10-9(16-5-6-22-13(16)15-10)12(19)17-11(18)7-3-1-2-4-8(7)23(17,20)21/h1-6H. The quantitative estimate of drug-likeness (QED) is 0.614. The van der Waals surface area contributed by atoms with E-state index in [1.807, 2.05) is 0 Å². The van der Waals surface area contributed by atoms with Gasteiger partial charge in [-0.2, -0.15) is 4.31 Å². The summed E-state index contributed by atoms with van der Waals surface area (Å²) in [7, 11) is -4.25. The lowest BCUT2D eigenvalue weighted by Gasteiger charge is -2.12. The Hall–Kier alpha value is -2.23. The minimum absolute atomic E-state index is 0.0388. The molecule has 1 aliphatic rings. The first-order chi connectivity index (χ1) is 10.9. The number of hydrogen-bond acceptors (Lipinski definition) is 6. The molecule has 0 bridgehead atoms. The average molecular weight is 368 g/mol. The first-order valence-corrected chi connectivity index (χ1v) is 8.97. The number of benzene rings is 1. The summed E-state index contributed by atoms with van der Waals surface area (Å²) in [5.41, 5.74) is -0.198. The monoisotopic (exact) mass is 367 g/mol. The van der Waals surface area contributed by atoms with Crippen LogP contribution < -0.4 is 0 Å². The molecular formula is C13H6ClN3O4S2. The number of imidazole rings is 1. The van der Waals surface area contributed by atoms with Crippen LogP contribution in [0.5, 0.6) is 0 Å². The van der Waals surface area contributed by atoms with Crippen molar-refractivity contribution in [1.29, 1.82) is 0 Å². The SMILES string of the molecule is O=C1c2ccccc2S(=O)(=O)N1C(=O)c1c(Cl)nc2sccn12. The van der Waals surface area contributed by atoms with Crippen molar-refractivity contribution in [3.63, 3.8) is 0 Å². The summed E-state index contributed by atoms with van der Waals surface area (Å²) in [5.74, 6) is -1.92. The summed E-state index contributed by atoms with van der Waals surface area (Å²) in [6.07, 6.45) is 1.53. The summed E-state index contributed by atoms with van der Waals surface area (Å²) in [6, 6.07) is 5.66. The van der Waals surface area contributed by atoms with E-state index in [0.29, 0.717) is 4.96 Å². The molecular weight excluding hydrogens is 362 g/mol. The number of carbonyl (C=O) groups excluding carboxylic acids is 2. The number of nitrogens with zero attached hydrogens (tertiary/aromatic N) is 3. The molecule has 0 spiro atoms. The Morgan fingerprint density at radius 2 is 2.00 bits per heavy atom.